The van der Waals surface area contributed by atoms with Crippen LogP contribution in [0, 0.1) is 0 Å². The lowest BCUT2D eigenvalue weighted by Gasteiger charge is -2.07. The van der Waals surface area contributed by atoms with Crippen LogP contribution in [0.25, 0.3) is 11.0 Å². The zero-order chi connectivity index (χ0) is 14.1. The molecule has 100 valence electrons. The second-order valence-corrected chi connectivity index (χ2v) is 5.02. The Morgan fingerprint density at radius 3 is 2.35 bits per heavy atom. The summed E-state index contributed by atoms with van der Waals surface area (Å²) in [4.78, 5) is 8.61. The number of aromatic nitrogens is 2. The summed E-state index contributed by atoms with van der Waals surface area (Å²) in [6.07, 6.45) is 0.743. The molecule has 0 saturated carbocycles. The van der Waals surface area contributed by atoms with Gasteiger partial charge in [-0.25, -0.2) is 9.97 Å². The number of nitrogens with two attached hydrogens (primary N) is 2. The van der Waals surface area contributed by atoms with Gasteiger partial charge in [-0.2, -0.15) is 0 Å². The van der Waals surface area contributed by atoms with Gasteiger partial charge in [0.25, 0.3) is 0 Å². The molecule has 0 aliphatic carbocycles. The number of hydrogen-bond acceptors (Lipinski definition) is 4. The molecule has 3 rings (SSSR count). The molecule has 2 aromatic carbocycles. The van der Waals surface area contributed by atoms with Crippen LogP contribution in [0.2, 0.25) is 5.02 Å². The molecule has 0 bridgehead atoms. The number of rotatable bonds is 2. The molecule has 1 heterocycles. The van der Waals surface area contributed by atoms with E-state index < -0.39 is 0 Å². The Kier molecular flexibility index (Phi) is 3.16. The van der Waals surface area contributed by atoms with Gasteiger partial charge in [-0.3, -0.25) is 0 Å². The Balaban J connectivity index is 2.07. The van der Waals surface area contributed by atoms with Crippen molar-refractivity contribution < 1.29 is 0 Å². The van der Waals surface area contributed by atoms with Gasteiger partial charge in [0, 0.05) is 5.02 Å². The Morgan fingerprint density at radius 2 is 1.60 bits per heavy atom. The van der Waals surface area contributed by atoms with Gasteiger partial charge in [0.2, 0.25) is 0 Å². The quantitative estimate of drug-likeness (QED) is 0.758. The second kappa shape index (κ2) is 4.98. The SMILES string of the molecule is Nc1nc2cccc(Cc3ccc(Cl)cc3)c2nc1N. The van der Waals surface area contributed by atoms with Gasteiger partial charge in [-0.15, -0.1) is 0 Å². The van der Waals surface area contributed by atoms with E-state index in [0.717, 1.165) is 33.6 Å². The first-order valence-electron chi connectivity index (χ1n) is 6.18. The summed E-state index contributed by atoms with van der Waals surface area (Å²) < 4.78 is 0. The third-order valence-electron chi connectivity index (χ3n) is 3.14. The first kappa shape index (κ1) is 12.7. The number of nitrogen functional groups attached to an aromatic ring is 2. The molecule has 0 amide bonds. The van der Waals surface area contributed by atoms with Gasteiger partial charge in [-0.05, 0) is 35.7 Å². The monoisotopic (exact) mass is 284 g/mol. The predicted molar refractivity (Wildman–Crippen MR) is 82.6 cm³/mol. The first-order valence-corrected chi connectivity index (χ1v) is 6.56. The van der Waals surface area contributed by atoms with Crippen molar-refractivity contribution in [3.05, 3.63) is 58.6 Å². The van der Waals surface area contributed by atoms with E-state index in [1.807, 2.05) is 42.5 Å². The molecule has 1 aromatic heterocycles. The van der Waals surface area contributed by atoms with Crippen molar-refractivity contribution in [1.29, 1.82) is 0 Å². The fraction of sp³-hybridized carbons (Fsp3) is 0.0667. The molecule has 0 saturated heterocycles. The zero-order valence-electron chi connectivity index (χ0n) is 10.7. The highest BCUT2D eigenvalue weighted by atomic mass is 35.5. The van der Waals surface area contributed by atoms with Gasteiger partial charge in [-0.1, -0.05) is 35.9 Å². The highest BCUT2D eigenvalue weighted by molar-refractivity contribution is 6.30. The van der Waals surface area contributed by atoms with Crippen LogP contribution in [-0.2, 0) is 6.42 Å². The van der Waals surface area contributed by atoms with E-state index in [1.165, 1.54) is 0 Å². The minimum Gasteiger partial charge on any atom is -0.381 e. The maximum Gasteiger partial charge on any atom is 0.166 e. The standard InChI is InChI=1S/C15H13ClN4/c16-11-6-4-9(5-7-11)8-10-2-1-3-12-13(10)20-15(18)14(17)19-12/h1-7H,8H2,(H2,17,19)(H2,18,20). The minimum absolute atomic E-state index is 0.265. The Bertz CT molecular complexity index is 769. The fourth-order valence-corrected chi connectivity index (χ4v) is 2.25. The Labute approximate surface area is 121 Å². The van der Waals surface area contributed by atoms with Crippen LogP contribution in [0.3, 0.4) is 0 Å². The van der Waals surface area contributed by atoms with Crippen molar-refractivity contribution in [3.8, 4) is 0 Å². The van der Waals surface area contributed by atoms with Crippen LogP contribution in [0.4, 0.5) is 11.6 Å². The van der Waals surface area contributed by atoms with Crippen molar-refractivity contribution in [2.24, 2.45) is 0 Å². The maximum absolute atomic E-state index is 5.90. The maximum atomic E-state index is 5.90. The second-order valence-electron chi connectivity index (χ2n) is 4.58. The smallest absolute Gasteiger partial charge is 0.166 e. The summed E-state index contributed by atoms with van der Waals surface area (Å²) >= 11 is 5.90. The number of halogens is 1. The topological polar surface area (TPSA) is 77.8 Å². The lowest BCUT2D eigenvalue weighted by molar-refractivity contribution is 1.18. The van der Waals surface area contributed by atoms with Crippen LogP contribution in [0.5, 0.6) is 0 Å². The molecule has 0 radical (unpaired) electrons. The summed E-state index contributed by atoms with van der Waals surface area (Å²) in [5.41, 5.74) is 15.2. The van der Waals surface area contributed by atoms with E-state index >= 15 is 0 Å². The zero-order valence-corrected chi connectivity index (χ0v) is 11.4. The number of hydrogen-bond donors (Lipinski definition) is 2. The van der Waals surface area contributed by atoms with E-state index in [1.54, 1.807) is 0 Å². The average molecular weight is 285 g/mol. The molecule has 4 nitrogen and oxygen atoms in total. The highest BCUT2D eigenvalue weighted by Gasteiger charge is 2.07. The van der Waals surface area contributed by atoms with E-state index in [4.69, 9.17) is 23.1 Å². The normalized spacial score (nSPS) is 10.8. The molecule has 4 N–H and O–H groups in total. The molecule has 0 spiro atoms. The van der Waals surface area contributed by atoms with Crippen LogP contribution >= 0.6 is 11.6 Å². The lowest BCUT2D eigenvalue weighted by Crippen LogP contribution is -2.03. The first-order chi connectivity index (χ1) is 9.63. The van der Waals surface area contributed by atoms with E-state index in [2.05, 4.69) is 9.97 Å². The van der Waals surface area contributed by atoms with Crippen molar-refractivity contribution in [1.82, 2.24) is 9.97 Å². The van der Waals surface area contributed by atoms with Crippen LogP contribution in [-0.4, -0.2) is 9.97 Å². The molecule has 0 atom stereocenters. The number of fused-ring (bicyclic) bond motifs is 1. The van der Waals surface area contributed by atoms with Crippen molar-refractivity contribution in [2.45, 2.75) is 6.42 Å². The summed E-state index contributed by atoms with van der Waals surface area (Å²) in [5.74, 6) is 0.530. The summed E-state index contributed by atoms with van der Waals surface area (Å²) in [6.45, 7) is 0. The van der Waals surface area contributed by atoms with Gasteiger partial charge < -0.3 is 11.5 Å². The molecule has 0 aliphatic heterocycles. The highest BCUT2D eigenvalue weighted by Crippen LogP contribution is 2.22. The summed E-state index contributed by atoms with van der Waals surface area (Å²) in [6, 6.07) is 13.6. The van der Waals surface area contributed by atoms with Crippen molar-refractivity contribution in [2.75, 3.05) is 11.5 Å². The third kappa shape index (κ3) is 2.38. The molecule has 0 unspecified atom stereocenters. The Hall–Kier alpha value is -2.33. The minimum atomic E-state index is 0.265. The molecule has 5 heteroatoms. The fourth-order valence-electron chi connectivity index (χ4n) is 2.13. The molecule has 20 heavy (non-hydrogen) atoms. The number of benzene rings is 2. The number of para-hydroxylation sites is 1. The van der Waals surface area contributed by atoms with E-state index in [0.29, 0.717) is 0 Å². The van der Waals surface area contributed by atoms with Gasteiger partial charge in [0.1, 0.15) is 0 Å². The number of anilines is 2. The average Bonchev–Trinajstić information content (AvgIpc) is 2.43. The predicted octanol–water partition coefficient (Wildman–Crippen LogP) is 3.04. The van der Waals surface area contributed by atoms with Crippen LogP contribution < -0.4 is 11.5 Å². The molecular weight excluding hydrogens is 272 g/mol. The van der Waals surface area contributed by atoms with Crippen LogP contribution in [0.15, 0.2) is 42.5 Å². The Morgan fingerprint density at radius 1 is 0.900 bits per heavy atom. The van der Waals surface area contributed by atoms with Gasteiger partial charge >= 0.3 is 0 Å². The largest absolute Gasteiger partial charge is 0.381 e. The molecule has 3 aromatic rings. The third-order valence-corrected chi connectivity index (χ3v) is 3.39. The summed E-state index contributed by atoms with van der Waals surface area (Å²) in [7, 11) is 0. The lowest BCUT2D eigenvalue weighted by atomic mass is 10.0. The van der Waals surface area contributed by atoms with Crippen molar-refractivity contribution in [3.63, 3.8) is 0 Å². The van der Waals surface area contributed by atoms with E-state index in [-0.39, 0.29) is 11.6 Å². The molecule has 0 fully saturated rings. The molecular formula is C15H13ClN4. The van der Waals surface area contributed by atoms with E-state index in [9.17, 15) is 0 Å². The van der Waals surface area contributed by atoms with Crippen molar-refractivity contribution >= 4 is 34.3 Å². The molecule has 0 aliphatic rings. The number of nitrogens with zero attached hydrogens (tertiary/aromatic N) is 2. The van der Waals surface area contributed by atoms with Gasteiger partial charge in [0.15, 0.2) is 11.6 Å². The van der Waals surface area contributed by atoms with Gasteiger partial charge in [0.05, 0.1) is 11.0 Å². The summed E-state index contributed by atoms with van der Waals surface area (Å²) in [5, 5.41) is 0.725. The van der Waals surface area contributed by atoms with Crippen LogP contribution in [0.1, 0.15) is 11.1 Å².